The monoisotopic (exact) mass is 394 g/mol. The van der Waals surface area contributed by atoms with Crippen molar-refractivity contribution in [2.45, 2.75) is 37.6 Å². The Hall–Kier alpha value is -2.73. The highest BCUT2D eigenvalue weighted by molar-refractivity contribution is 7.98. The van der Waals surface area contributed by atoms with Gasteiger partial charge in [0.15, 0.2) is 16.7 Å². The second-order valence-electron chi connectivity index (χ2n) is 6.96. The number of hydrogen-bond acceptors (Lipinski definition) is 6. The molecule has 0 unspecified atom stereocenters. The molecule has 0 aliphatic carbocycles. The number of ether oxygens (including phenoxy) is 3. The lowest BCUT2D eigenvalue weighted by Gasteiger charge is -2.11. The fourth-order valence-corrected chi connectivity index (χ4v) is 3.64. The van der Waals surface area contributed by atoms with Gasteiger partial charge < -0.3 is 14.2 Å². The van der Waals surface area contributed by atoms with Crippen LogP contribution in [0.25, 0.3) is 0 Å². The molecule has 0 saturated heterocycles. The Morgan fingerprint density at radius 2 is 1.89 bits per heavy atom. The predicted octanol–water partition coefficient (Wildman–Crippen LogP) is 5.72. The van der Waals surface area contributed by atoms with Crippen molar-refractivity contribution in [2.24, 2.45) is 0 Å². The number of rotatable bonds is 6. The first-order valence-electron chi connectivity index (χ1n) is 9.21. The molecule has 3 aromatic rings. The van der Waals surface area contributed by atoms with Gasteiger partial charge in [0.05, 0.1) is 5.69 Å². The molecule has 0 radical (unpaired) electrons. The van der Waals surface area contributed by atoms with Crippen LogP contribution in [0.15, 0.2) is 53.7 Å². The number of nitrogens with zero attached hydrogens (tertiary/aromatic N) is 2. The number of benzene rings is 2. The van der Waals surface area contributed by atoms with Crippen molar-refractivity contribution in [2.75, 3.05) is 6.79 Å². The fourth-order valence-electron chi connectivity index (χ4n) is 2.84. The van der Waals surface area contributed by atoms with E-state index < -0.39 is 0 Å². The third-order valence-corrected chi connectivity index (χ3v) is 5.23. The standard InChI is InChI=1S/C22H22N2O3S/c1-14(2)18-11-21(27-17-7-8-19-20(10-17)26-13-25-19)24-22(23-18)28-12-16-6-4-5-15(3)9-16/h4-11,14H,12-13H2,1-3H3. The predicted molar refractivity (Wildman–Crippen MR) is 110 cm³/mol. The average Bonchev–Trinajstić information content (AvgIpc) is 3.14. The molecule has 144 valence electrons. The molecular formula is C22H22N2O3S. The summed E-state index contributed by atoms with van der Waals surface area (Å²) in [5.74, 6) is 3.70. The van der Waals surface area contributed by atoms with Crippen molar-refractivity contribution in [3.8, 4) is 23.1 Å². The molecule has 0 N–H and O–H groups in total. The Labute approximate surface area is 169 Å². The van der Waals surface area contributed by atoms with Gasteiger partial charge in [-0.05, 0) is 30.5 Å². The first-order chi connectivity index (χ1) is 13.6. The molecule has 0 spiro atoms. The Kier molecular flexibility index (Phi) is 5.39. The van der Waals surface area contributed by atoms with Gasteiger partial charge in [-0.3, -0.25) is 0 Å². The zero-order chi connectivity index (χ0) is 19.5. The van der Waals surface area contributed by atoms with Crippen LogP contribution in [0, 0.1) is 6.92 Å². The average molecular weight is 394 g/mol. The highest BCUT2D eigenvalue weighted by atomic mass is 32.2. The molecule has 0 amide bonds. The lowest BCUT2D eigenvalue weighted by atomic mass is 10.1. The van der Waals surface area contributed by atoms with Crippen LogP contribution >= 0.6 is 11.8 Å². The summed E-state index contributed by atoms with van der Waals surface area (Å²) in [6.07, 6.45) is 0. The van der Waals surface area contributed by atoms with E-state index in [2.05, 4.69) is 50.0 Å². The first kappa shape index (κ1) is 18.6. The summed E-state index contributed by atoms with van der Waals surface area (Å²) in [7, 11) is 0. The molecule has 2 aromatic carbocycles. The van der Waals surface area contributed by atoms with E-state index in [1.165, 1.54) is 11.1 Å². The molecule has 0 atom stereocenters. The zero-order valence-electron chi connectivity index (χ0n) is 16.1. The number of hydrogen-bond donors (Lipinski definition) is 0. The smallest absolute Gasteiger partial charge is 0.231 e. The van der Waals surface area contributed by atoms with E-state index in [4.69, 9.17) is 19.2 Å². The van der Waals surface area contributed by atoms with Gasteiger partial charge in [-0.15, -0.1) is 0 Å². The van der Waals surface area contributed by atoms with Crippen molar-refractivity contribution < 1.29 is 14.2 Å². The maximum absolute atomic E-state index is 6.01. The van der Waals surface area contributed by atoms with Crippen LogP contribution in [0.4, 0.5) is 0 Å². The van der Waals surface area contributed by atoms with Crippen molar-refractivity contribution in [3.05, 3.63) is 65.4 Å². The Morgan fingerprint density at radius 3 is 2.71 bits per heavy atom. The minimum atomic E-state index is 0.240. The second kappa shape index (κ2) is 8.10. The highest BCUT2D eigenvalue weighted by Crippen LogP contribution is 2.37. The second-order valence-corrected chi connectivity index (χ2v) is 7.91. The summed E-state index contributed by atoms with van der Waals surface area (Å²) in [5.41, 5.74) is 3.46. The normalized spacial score (nSPS) is 12.4. The third kappa shape index (κ3) is 4.39. The molecule has 28 heavy (non-hydrogen) atoms. The summed E-state index contributed by atoms with van der Waals surface area (Å²) >= 11 is 1.61. The number of fused-ring (bicyclic) bond motifs is 1. The van der Waals surface area contributed by atoms with Gasteiger partial charge in [0, 0.05) is 17.9 Å². The van der Waals surface area contributed by atoms with Gasteiger partial charge in [-0.2, -0.15) is 4.98 Å². The fraction of sp³-hybridized carbons (Fsp3) is 0.273. The van der Waals surface area contributed by atoms with Gasteiger partial charge >= 0.3 is 0 Å². The van der Waals surface area contributed by atoms with Crippen LogP contribution in [0.1, 0.15) is 36.6 Å². The zero-order valence-corrected chi connectivity index (χ0v) is 17.0. The van der Waals surface area contributed by atoms with Crippen molar-refractivity contribution in [1.82, 2.24) is 9.97 Å². The van der Waals surface area contributed by atoms with Crippen molar-refractivity contribution in [1.29, 1.82) is 0 Å². The maximum Gasteiger partial charge on any atom is 0.231 e. The van der Waals surface area contributed by atoms with Crippen LogP contribution in [0.2, 0.25) is 0 Å². The summed E-state index contributed by atoms with van der Waals surface area (Å²) in [6, 6.07) is 15.9. The van der Waals surface area contributed by atoms with Crippen molar-refractivity contribution in [3.63, 3.8) is 0 Å². The summed E-state index contributed by atoms with van der Waals surface area (Å²) in [4.78, 5) is 9.30. The molecule has 0 bridgehead atoms. The Balaban J connectivity index is 1.55. The lowest BCUT2D eigenvalue weighted by molar-refractivity contribution is 0.174. The van der Waals surface area contributed by atoms with Crippen LogP contribution in [0.3, 0.4) is 0 Å². The van der Waals surface area contributed by atoms with Crippen LogP contribution in [-0.4, -0.2) is 16.8 Å². The van der Waals surface area contributed by atoms with Gasteiger partial charge in [0.2, 0.25) is 12.7 Å². The molecule has 1 aliphatic rings. The molecule has 0 fully saturated rings. The van der Waals surface area contributed by atoms with Crippen LogP contribution in [0.5, 0.6) is 23.1 Å². The minimum Gasteiger partial charge on any atom is -0.454 e. The molecule has 1 aliphatic heterocycles. The molecule has 0 saturated carbocycles. The molecule has 1 aromatic heterocycles. The van der Waals surface area contributed by atoms with E-state index in [-0.39, 0.29) is 12.7 Å². The van der Waals surface area contributed by atoms with E-state index >= 15 is 0 Å². The molecule has 6 heteroatoms. The topological polar surface area (TPSA) is 53.5 Å². The van der Waals surface area contributed by atoms with E-state index in [1.54, 1.807) is 11.8 Å². The van der Waals surface area contributed by atoms with E-state index in [0.717, 1.165) is 17.2 Å². The van der Waals surface area contributed by atoms with E-state index in [0.29, 0.717) is 22.5 Å². The molecule has 5 nitrogen and oxygen atoms in total. The SMILES string of the molecule is Cc1cccc(CSc2nc(Oc3ccc4c(c3)OCO4)cc(C(C)C)n2)c1. The van der Waals surface area contributed by atoms with Gasteiger partial charge in [-0.1, -0.05) is 55.4 Å². The molecule has 4 rings (SSSR count). The third-order valence-electron chi connectivity index (χ3n) is 4.31. The van der Waals surface area contributed by atoms with Gasteiger partial charge in [-0.25, -0.2) is 4.98 Å². The lowest BCUT2D eigenvalue weighted by Crippen LogP contribution is -2.00. The maximum atomic E-state index is 6.01. The van der Waals surface area contributed by atoms with Crippen molar-refractivity contribution >= 4 is 11.8 Å². The van der Waals surface area contributed by atoms with Crippen LogP contribution < -0.4 is 14.2 Å². The van der Waals surface area contributed by atoms with Crippen LogP contribution in [-0.2, 0) is 5.75 Å². The number of thioether (sulfide) groups is 1. The highest BCUT2D eigenvalue weighted by Gasteiger charge is 2.15. The number of aromatic nitrogens is 2. The summed E-state index contributed by atoms with van der Waals surface area (Å²) in [6.45, 7) is 6.56. The molecular weight excluding hydrogens is 372 g/mol. The Morgan fingerprint density at radius 1 is 1.04 bits per heavy atom. The van der Waals surface area contributed by atoms with E-state index in [9.17, 15) is 0 Å². The Bertz CT molecular complexity index is 991. The minimum absolute atomic E-state index is 0.240. The van der Waals surface area contributed by atoms with Gasteiger partial charge in [0.25, 0.3) is 0 Å². The largest absolute Gasteiger partial charge is 0.454 e. The number of aryl methyl sites for hydroxylation is 1. The summed E-state index contributed by atoms with van der Waals surface area (Å²) < 4.78 is 16.8. The van der Waals surface area contributed by atoms with Gasteiger partial charge in [0.1, 0.15) is 5.75 Å². The quantitative estimate of drug-likeness (QED) is 0.394. The first-order valence-corrected chi connectivity index (χ1v) is 10.2. The summed E-state index contributed by atoms with van der Waals surface area (Å²) in [5, 5.41) is 0.712. The molecule has 2 heterocycles. The van der Waals surface area contributed by atoms with E-state index in [1.807, 2.05) is 24.3 Å².